The van der Waals surface area contributed by atoms with Crippen LogP contribution in [0, 0.1) is 11.3 Å². The van der Waals surface area contributed by atoms with Crippen molar-refractivity contribution in [3.8, 4) is 0 Å². The first-order chi connectivity index (χ1) is 13.0. The topological polar surface area (TPSA) is 44.2 Å². The molecule has 0 aliphatic carbocycles. The van der Waals surface area contributed by atoms with Crippen LogP contribution in [0.4, 0.5) is 0 Å². The minimum Gasteiger partial charge on any atom is -0.335 e. The van der Waals surface area contributed by atoms with Gasteiger partial charge in [-0.3, -0.25) is 4.79 Å². The van der Waals surface area contributed by atoms with E-state index in [4.69, 9.17) is 5.41 Å². The molecule has 1 aromatic carbocycles. The first kappa shape index (κ1) is 25.3. The van der Waals surface area contributed by atoms with Crippen molar-refractivity contribution in [2.24, 2.45) is 5.92 Å². The van der Waals surface area contributed by atoms with Crippen LogP contribution in [0.15, 0.2) is 48.6 Å². The van der Waals surface area contributed by atoms with Gasteiger partial charge in [0.05, 0.1) is 6.04 Å². The molecule has 3 atom stereocenters. The molecule has 1 fully saturated rings. The monoisotopic (exact) mass is 388 g/mol. The Labute approximate surface area is 168 Å². The molecule has 1 N–H and O–H groups in total. The largest absolute Gasteiger partial charge is 0.335 e. The maximum Gasteiger partial charge on any atom is 0.223 e. The lowest BCUT2D eigenvalue weighted by Crippen LogP contribution is -2.36. The van der Waals surface area contributed by atoms with E-state index in [1.54, 1.807) is 0 Å². The Morgan fingerprint density at radius 3 is 2.44 bits per heavy atom. The summed E-state index contributed by atoms with van der Waals surface area (Å²) < 4.78 is 0. The van der Waals surface area contributed by atoms with Crippen LogP contribution in [0.5, 0.6) is 0 Å². The molecule has 1 aliphatic rings. The van der Waals surface area contributed by atoms with Crippen molar-refractivity contribution in [1.29, 1.82) is 5.41 Å². The van der Waals surface area contributed by atoms with Crippen molar-refractivity contribution in [1.82, 2.24) is 4.90 Å². The molecule has 27 heavy (non-hydrogen) atoms. The lowest BCUT2D eigenvalue weighted by Gasteiger charge is -2.26. The van der Waals surface area contributed by atoms with E-state index in [-0.39, 0.29) is 17.9 Å². The summed E-state index contributed by atoms with van der Waals surface area (Å²) >= 11 is 0. The van der Waals surface area contributed by atoms with E-state index in [1.165, 1.54) is 0 Å². The van der Waals surface area contributed by atoms with Crippen molar-refractivity contribution in [3.05, 3.63) is 54.1 Å². The third-order valence-electron chi connectivity index (χ3n) is 4.44. The third kappa shape index (κ3) is 6.74. The highest BCUT2D eigenvalue weighted by atomic mass is 31.0. The summed E-state index contributed by atoms with van der Waals surface area (Å²) in [5, 5.41) is 9.50. The summed E-state index contributed by atoms with van der Waals surface area (Å²) in [5.41, 5.74) is 2.55. The van der Waals surface area contributed by atoms with Crippen molar-refractivity contribution in [3.63, 3.8) is 0 Å². The predicted octanol–water partition coefficient (Wildman–Crippen LogP) is 5.37. The van der Waals surface area contributed by atoms with Crippen LogP contribution in [0.2, 0.25) is 0 Å². The molecule has 150 valence electrons. The average Bonchev–Trinajstić information content (AvgIpc) is 3.10. The van der Waals surface area contributed by atoms with Crippen molar-refractivity contribution in [2.45, 2.75) is 60.4 Å². The van der Waals surface area contributed by atoms with E-state index in [1.807, 2.05) is 69.9 Å². The van der Waals surface area contributed by atoms with Crippen LogP contribution in [-0.2, 0) is 4.79 Å². The first-order valence-electron chi connectivity index (χ1n) is 10.0. The van der Waals surface area contributed by atoms with Crippen LogP contribution in [-0.4, -0.2) is 29.1 Å². The highest BCUT2D eigenvalue weighted by Gasteiger charge is 2.36. The Balaban J connectivity index is 0.00000158. The maximum absolute atomic E-state index is 12.4. The highest BCUT2D eigenvalue weighted by molar-refractivity contribution is 7.27. The molecule has 3 nitrogen and oxygen atoms in total. The van der Waals surface area contributed by atoms with Crippen molar-refractivity contribution < 1.29 is 4.79 Å². The van der Waals surface area contributed by atoms with Crippen LogP contribution < -0.4 is 5.30 Å². The van der Waals surface area contributed by atoms with Gasteiger partial charge in [-0.25, -0.2) is 0 Å². The molecule has 0 saturated carbocycles. The molecular formula is C23H37N2OP. The molecule has 0 bridgehead atoms. The molecule has 0 aromatic heterocycles. The number of nitrogens with zero attached hydrogens (tertiary/aromatic N) is 1. The summed E-state index contributed by atoms with van der Waals surface area (Å²) in [6.45, 7) is 16.6. The lowest BCUT2D eigenvalue weighted by atomic mass is 9.96. The van der Waals surface area contributed by atoms with Gasteiger partial charge in [0.25, 0.3) is 0 Å². The summed E-state index contributed by atoms with van der Waals surface area (Å²) in [7, 11) is 2.67. The minimum atomic E-state index is -0.0423. The zero-order valence-electron chi connectivity index (χ0n) is 17.9. The van der Waals surface area contributed by atoms with Gasteiger partial charge in [0.15, 0.2) is 0 Å². The summed E-state index contributed by atoms with van der Waals surface area (Å²) in [4.78, 5) is 14.3. The van der Waals surface area contributed by atoms with Gasteiger partial charge in [-0.15, -0.1) is 9.24 Å². The van der Waals surface area contributed by atoms with Gasteiger partial charge in [-0.2, -0.15) is 0 Å². The fraction of sp³-hybridized carbons (Fsp3) is 0.478. The van der Waals surface area contributed by atoms with Gasteiger partial charge in [0, 0.05) is 30.2 Å². The number of allylic oxidation sites excluding steroid dienone is 1. The number of carbonyl (C=O) groups excluding carboxylic acids is 1. The van der Waals surface area contributed by atoms with Gasteiger partial charge < -0.3 is 10.3 Å². The van der Waals surface area contributed by atoms with E-state index in [2.05, 4.69) is 28.8 Å². The normalized spacial score (nSPS) is 17.3. The fourth-order valence-electron chi connectivity index (χ4n) is 3.10. The fourth-order valence-corrected chi connectivity index (χ4v) is 3.46. The number of amides is 1. The molecule has 0 spiro atoms. The van der Waals surface area contributed by atoms with E-state index in [9.17, 15) is 4.79 Å². The maximum atomic E-state index is 12.4. The van der Waals surface area contributed by atoms with Crippen molar-refractivity contribution in [2.75, 3.05) is 6.54 Å². The minimum absolute atomic E-state index is 0.0176. The van der Waals surface area contributed by atoms with Crippen LogP contribution >= 0.6 is 9.24 Å². The summed E-state index contributed by atoms with van der Waals surface area (Å²) in [5.74, 6) is 0.0803. The standard InChI is InChI=1S/C19H25N2OP.2C2H6/c1-4-8-14(5-2)13(3)21-12-15(11-18(21)22)19(20)16-9-6-7-10-17(16)23;2*1-2/h5-10,13,15,20H,2,4,11-12,23H2,1,3H3;2*1-2H3/b14-8+,20-19?;;. The van der Waals surface area contributed by atoms with Crippen LogP contribution in [0.25, 0.3) is 0 Å². The molecule has 1 heterocycles. The molecule has 0 radical (unpaired) electrons. The molecule has 2 rings (SSSR count). The SMILES string of the molecule is C=C/C(=C\CC)C(C)N1CC(C(=N)c2ccccc2P)CC1=O.CC.CC. The number of hydrogen-bond acceptors (Lipinski definition) is 2. The van der Waals surface area contributed by atoms with Gasteiger partial charge in [-0.05, 0) is 24.2 Å². The van der Waals surface area contributed by atoms with Gasteiger partial charge in [0.1, 0.15) is 0 Å². The number of carbonyl (C=O) groups is 1. The predicted molar refractivity (Wildman–Crippen MR) is 123 cm³/mol. The quantitative estimate of drug-likeness (QED) is 0.398. The second-order valence-electron chi connectivity index (χ2n) is 5.94. The number of rotatable bonds is 6. The zero-order chi connectivity index (χ0) is 21.0. The number of nitrogens with one attached hydrogen (secondary N) is 1. The molecule has 1 saturated heterocycles. The van der Waals surface area contributed by atoms with Gasteiger partial charge in [0.2, 0.25) is 5.91 Å². The average molecular weight is 389 g/mol. The number of hydrogen-bond donors (Lipinski definition) is 1. The van der Waals surface area contributed by atoms with E-state index in [0.717, 1.165) is 22.9 Å². The van der Waals surface area contributed by atoms with E-state index in [0.29, 0.717) is 18.7 Å². The Bertz CT molecular complexity index is 652. The van der Waals surface area contributed by atoms with Gasteiger partial charge in [-0.1, -0.05) is 77.6 Å². The van der Waals surface area contributed by atoms with E-state index < -0.39 is 0 Å². The molecule has 4 heteroatoms. The molecule has 1 amide bonds. The molecule has 1 aliphatic heterocycles. The second-order valence-corrected chi connectivity index (χ2v) is 6.56. The molecular weight excluding hydrogens is 351 g/mol. The Kier molecular flexibility index (Phi) is 12.6. The Morgan fingerprint density at radius 2 is 1.93 bits per heavy atom. The first-order valence-corrected chi connectivity index (χ1v) is 10.6. The smallest absolute Gasteiger partial charge is 0.223 e. The zero-order valence-corrected chi connectivity index (χ0v) is 19.0. The Morgan fingerprint density at radius 1 is 1.33 bits per heavy atom. The van der Waals surface area contributed by atoms with Crippen LogP contribution in [0.3, 0.4) is 0 Å². The summed E-state index contributed by atoms with van der Waals surface area (Å²) in [6.07, 6.45) is 5.28. The highest BCUT2D eigenvalue weighted by Crippen LogP contribution is 2.26. The second kappa shape index (κ2) is 13.4. The molecule has 1 aromatic rings. The molecule has 3 unspecified atom stereocenters. The number of benzene rings is 1. The van der Waals surface area contributed by atoms with Crippen LogP contribution in [0.1, 0.15) is 59.9 Å². The summed E-state index contributed by atoms with van der Waals surface area (Å²) in [6, 6.07) is 7.84. The number of likely N-dealkylation sites (tertiary alicyclic amines) is 1. The third-order valence-corrected chi connectivity index (χ3v) is 4.95. The Hall–Kier alpha value is -1.73. The van der Waals surface area contributed by atoms with E-state index >= 15 is 0 Å². The van der Waals surface area contributed by atoms with Gasteiger partial charge >= 0.3 is 0 Å². The lowest BCUT2D eigenvalue weighted by molar-refractivity contribution is -0.128. The van der Waals surface area contributed by atoms with Crippen molar-refractivity contribution >= 4 is 26.2 Å².